The zero-order valence-corrected chi connectivity index (χ0v) is 17.4. The van der Waals surface area contributed by atoms with Crippen molar-refractivity contribution < 1.29 is 4.79 Å². The van der Waals surface area contributed by atoms with E-state index in [0.717, 1.165) is 27.7 Å². The molecule has 0 N–H and O–H groups in total. The molecule has 4 aromatic rings. The van der Waals surface area contributed by atoms with Gasteiger partial charge >= 0.3 is 0 Å². The molecule has 0 aliphatic rings. The summed E-state index contributed by atoms with van der Waals surface area (Å²) in [5.74, 6) is 0.606. The minimum Gasteiger partial charge on any atom is -0.277 e. The number of aromatic nitrogens is 4. The Morgan fingerprint density at radius 3 is 2.86 bits per heavy atom. The summed E-state index contributed by atoms with van der Waals surface area (Å²) in [5.41, 5.74) is 4.82. The number of aryl methyl sites for hydroxylation is 2. The zero-order valence-electron chi connectivity index (χ0n) is 15.8. The Balaban J connectivity index is 1.56. The van der Waals surface area contributed by atoms with Crippen LogP contribution < -0.4 is 4.90 Å². The Morgan fingerprint density at radius 2 is 2.07 bits per heavy atom. The van der Waals surface area contributed by atoms with Gasteiger partial charge in [0.15, 0.2) is 15.9 Å². The summed E-state index contributed by atoms with van der Waals surface area (Å²) in [5, 5.41) is 11.9. The maximum absolute atomic E-state index is 12.3. The predicted molar refractivity (Wildman–Crippen MR) is 113 cm³/mol. The number of amides is 1. The smallest absolute Gasteiger partial charge is 0.230 e. The third-order valence-corrected chi connectivity index (χ3v) is 6.12. The van der Waals surface area contributed by atoms with E-state index in [1.54, 1.807) is 23.6 Å². The van der Waals surface area contributed by atoms with Crippen molar-refractivity contribution in [1.29, 1.82) is 0 Å². The number of benzene rings is 1. The van der Waals surface area contributed by atoms with Crippen LogP contribution in [0.1, 0.15) is 23.7 Å². The first kappa shape index (κ1) is 18.6. The normalized spacial score (nSPS) is 11.1. The van der Waals surface area contributed by atoms with Gasteiger partial charge in [-0.15, -0.1) is 21.5 Å². The van der Waals surface area contributed by atoms with E-state index in [4.69, 9.17) is 4.98 Å². The van der Waals surface area contributed by atoms with Crippen molar-refractivity contribution in [1.82, 2.24) is 19.6 Å². The van der Waals surface area contributed by atoms with E-state index in [2.05, 4.69) is 16.3 Å². The van der Waals surface area contributed by atoms with Crippen LogP contribution in [-0.4, -0.2) is 25.5 Å². The van der Waals surface area contributed by atoms with Gasteiger partial charge in [0.1, 0.15) is 0 Å². The second-order valence-corrected chi connectivity index (χ2v) is 8.24. The number of thioether (sulfide) groups is 1. The minimum atomic E-state index is -0.0519. The highest BCUT2D eigenvalue weighted by Gasteiger charge is 2.20. The number of hydrogen-bond donors (Lipinski definition) is 0. The summed E-state index contributed by atoms with van der Waals surface area (Å²) in [7, 11) is 0. The second kappa shape index (κ2) is 7.73. The molecule has 0 unspecified atom stereocenters. The molecule has 1 aromatic carbocycles. The highest BCUT2D eigenvalue weighted by molar-refractivity contribution is 7.98. The standard InChI is InChI=1S/C20H19N5OS2/c1-13-7-8-17(14(2)10-13)25(15(3)26)19-21-16(11-27-19)12-28-20-23-22-18-6-4-5-9-24(18)20/h4-11H,12H2,1-3H3. The molecule has 0 fully saturated rings. The van der Waals surface area contributed by atoms with Crippen molar-refractivity contribution in [3.05, 3.63) is 64.8 Å². The third-order valence-electron chi connectivity index (χ3n) is 4.27. The molecule has 0 saturated carbocycles. The summed E-state index contributed by atoms with van der Waals surface area (Å²) in [6.07, 6.45) is 1.95. The van der Waals surface area contributed by atoms with Gasteiger partial charge in [0, 0.05) is 24.3 Å². The molecule has 0 aliphatic heterocycles. The maximum Gasteiger partial charge on any atom is 0.230 e. The Labute approximate surface area is 171 Å². The number of nitrogens with zero attached hydrogens (tertiary/aromatic N) is 5. The van der Waals surface area contributed by atoms with Gasteiger partial charge in [-0.3, -0.25) is 14.1 Å². The molecule has 6 nitrogen and oxygen atoms in total. The average molecular weight is 410 g/mol. The number of fused-ring (bicyclic) bond motifs is 1. The van der Waals surface area contributed by atoms with E-state index in [-0.39, 0.29) is 5.91 Å². The van der Waals surface area contributed by atoms with Crippen molar-refractivity contribution in [2.45, 2.75) is 31.7 Å². The molecule has 1 amide bonds. The molecule has 3 heterocycles. The lowest BCUT2D eigenvalue weighted by Gasteiger charge is -2.20. The van der Waals surface area contributed by atoms with Crippen molar-refractivity contribution in [2.24, 2.45) is 0 Å². The Kier molecular flexibility index (Phi) is 5.15. The minimum absolute atomic E-state index is 0.0519. The van der Waals surface area contributed by atoms with Gasteiger partial charge in [-0.2, -0.15) is 0 Å². The molecule has 0 bridgehead atoms. The molecule has 0 saturated heterocycles. The molecule has 0 radical (unpaired) electrons. The van der Waals surface area contributed by atoms with Crippen molar-refractivity contribution >= 4 is 45.5 Å². The molecular weight excluding hydrogens is 390 g/mol. The fourth-order valence-electron chi connectivity index (χ4n) is 2.99. The van der Waals surface area contributed by atoms with E-state index in [1.807, 2.05) is 60.2 Å². The van der Waals surface area contributed by atoms with Crippen molar-refractivity contribution in [3.8, 4) is 0 Å². The highest BCUT2D eigenvalue weighted by Crippen LogP contribution is 2.33. The van der Waals surface area contributed by atoms with E-state index >= 15 is 0 Å². The lowest BCUT2D eigenvalue weighted by Crippen LogP contribution is -2.23. The van der Waals surface area contributed by atoms with E-state index in [9.17, 15) is 4.79 Å². The molecular formula is C20H19N5OS2. The van der Waals surface area contributed by atoms with E-state index in [0.29, 0.717) is 10.9 Å². The van der Waals surface area contributed by atoms with E-state index in [1.165, 1.54) is 16.9 Å². The first-order valence-electron chi connectivity index (χ1n) is 8.78. The molecule has 0 aliphatic carbocycles. The lowest BCUT2D eigenvalue weighted by atomic mass is 10.1. The summed E-state index contributed by atoms with van der Waals surface area (Å²) in [4.78, 5) is 18.7. The molecule has 3 aromatic heterocycles. The molecule has 4 rings (SSSR count). The Morgan fingerprint density at radius 1 is 1.21 bits per heavy atom. The van der Waals surface area contributed by atoms with Crippen LogP contribution in [0, 0.1) is 13.8 Å². The van der Waals surface area contributed by atoms with Crippen LogP contribution in [-0.2, 0) is 10.5 Å². The van der Waals surface area contributed by atoms with Crippen LogP contribution >= 0.6 is 23.1 Å². The van der Waals surface area contributed by atoms with Crippen LogP contribution in [0.2, 0.25) is 0 Å². The van der Waals surface area contributed by atoms with Crippen LogP contribution in [0.25, 0.3) is 5.65 Å². The highest BCUT2D eigenvalue weighted by atomic mass is 32.2. The summed E-state index contributed by atoms with van der Waals surface area (Å²) >= 11 is 3.05. The van der Waals surface area contributed by atoms with Gasteiger partial charge in [-0.1, -0.05) is 35.5 Å². The van der Waals surface area contributed by atoms with Crippen molar-refractivity contribution in [3.63, 3.8) is 0 Å². The number of carbonyl (C=O) groups is 1. The lowest BCUT2D eigenvalue weighted by molar-refractivity contribution is -0.115. The van der Waals surface area contributed by atoms with Crippen LogP contribution in [0.4, 0.5) is 10.8 Å². The van der Waals surface area contributed by atoms with E-state index < -0.39 is 0 Å². The first-order valence-corrected chi connectivity index (χ1v) is 10.6. The topological polar surface area (TPSA) is 63.4 Å². The van der Waals surface area contributed by atoms with Crippen LogP contribution in [0.5, 0.6) is 0 Å². The van der Waals surface area contributed by atoms with Gasteiger partial charge in [0.25, 0.3) is 0 Å². The Bertz CT molecular complexity index is 1150. The molecule has 0 atom stereocenters. The first-order chi connectivity index (χ1) is 13.5. The van der Waals surface area contributed by atoms with Gasteiger partial charge in [0.05, 0.1) is 11.4 Å². The fourth-order valence-corrected chi connectivity index (χ4v) is 4.79. The number of rotatable bonds is 5. The number of carbonyl (C=O) groups excluding carboxylic acids is 1. The Hall–Kier alpha value is -2.71. The summed E-state index contributed by atoms with van der Waals surface area (Å²) < 4.78 is 1.95. The maximum atomic E-state index is 12.3. The quantitative estimate of drug-likeness (QED) is 0.444. The number of anilines is 2. The van der Waals surface area contributed by atoms with Crippen molar-refractivity contribution in [2.75, 3.05) is 4.90 Å². The summed E-state index contributed by atoms with van der Waals surface area (Å²) in [6, 6.07) is 11.9. The monoisotopic (exact) mass is 409 g/mol. The number of thiazole rings is 1. The second-order valence-electron chi connectivity index (χ2n) is 6.47. The number of hydrogen-bond acceptors (Lipinski definition) is 6. The van der Waals surface area contributed by atoms with Crippen LogP contribution in [0.15, 0.2) is 53.1 Å². The van der Waals surface area contributed by atoms with Gasteiger partial charge < -0.3 is 0 Å². The average Bonchev–Trinajstić information content (AvgIpc) is 3.29. The summed E-state index contributed by atoms with van der Waals surface area (Å²) in [6.45, 7) is 5.62. The SMILES string of the molecule is CC(=O)N(c1nc(CSc2nnc3ccccn23)cs1)c1ccc(C)cc1C. The zero-order chi connectivity index (χ0) is 19.7. The van der Waals surface area contributed by atoms with Gasteiger partial charge in [-0.25, -0.2) is 4.98 Å². The fraction of sp³-hybridized carbons (Fsp3) is 0.200. The predicted octanol–water partition coefficient (Wildman–Crippen LogP) is 4.78. The molecule has 28 heavy (non-hydrogen) atoms. The molecule has 0 spiro atoms. The largest absolute Gasteiger partial charge is 0.277 e. The van der Waals surface area contributed by atoms with Crippen LogP contribution in [0.3, 0.4) is 0 Å². The molecule has 142 valence electrons. The number of pyridine rings is 1. The van der Waals surface area contributed by atoms with Gasteiger partial charge in [0.2, 0.25) is 5.91 Å². The molecule has 8 heteroatoms. The third kappa shape index (κ3) is 3.65. The van der Waals surface area contributed by atoms with Gasteiger partial charge in [-0.05, 0) is 37.6 Å².